The molecule has 2 nitrogen and oxygen atoms in total. The van der Waals surface area contributed by atoms with E-state index < -0.39 is 0 Å². The van der Waals surface area contributed by atoms with Gasteiger partial charge in [-0.15, -0.1) is 0 Å². The summed E-state index contributed by atoms with van der Waals surface area (Å²) < 4.78 is 5.62. The summed E-state index contributed by atoms with van der Waals surface area (Å²) in [6.07, 6.45) is 9.00. The van der Waals surface area contributed by atoms with E-state index in [0.717, 1.165) is 24.3 Å². The van der Waals surface area contributed by atoms with Crippen LogP contribution in [-0.2, 0) is 6.42 Å². The van der Waals surface area contributed by atoms with Crippen LogP contribution in [0.15, 0.2) is 22.7 Å². The minimum Gasteiger partial charge on any atom is -0.360 e. The van der Waals surface area contributed by atoms with Gasteiger partial charge in [0.2, 0.25) is 0 Å². The largest absolute Gasteiger partial charge is 0.360 e. The Morgan fingerprint density at radius 2 is 1.80 bits per heavy atom. The number of aryl methyl sites for hydroxylation is 4. The van der Waals surface area contributed by atoms with Crippen LogP contribution in [0.5, 0.6) is 0 Å². The lowest BCUT2D eigenvalue weighted by Crippen LogP contribution is -1.94. The Hall–Kier alpha value is -1.83. The van der Waals surface area contributed by atoms with E-state index in [-0.39, 0.29) is 0 Å². The van der Waals surface area contributed by atoms with Gasteiger partial charge in [0.15, 0.2) is 0 Å². The van der Waals surface area contributed by atoms with Crippen LogP contribution in [0.4, 0.5) is 0 Å². The first kappa shape index (κ1) is 13.2. The van der Waals surface area contributed by atoms with Crippen molar-refractivity contribution in [1.82, 2.24) is 5.16 Å². The van der Waals surface area contributed by atoms with Crippen molar-refractivity contribution in [3.8, 4) is 11.3 Å². The first-order chi connectivity index (χ1) is 9.66. The van der Waals surface area contributed by atoms with Gasteiger partial charge in [-0.05, 0) is 51.2 Å². The highest BCUT2D eigenvalue weighted by Gasteiger charge is 2.19. The predicted molar refractivity (Wildman–Crippen MR) is 82.7 cm³/mol. The van der Waals surface area contributed by atoms with Crippen LogP contribution in [0, 0.1) is 20.8 Å². The third kappa shape index (κ3) is 2.31. The van der Waals surface area contributed by atoms with Gasteiger partial charge in [-0.3, -0.25) is 0 Å². The summed E-state index contributed by atoms with van der Waals surface area (Å²) in [6.45, 7) is 6.45. The van der Waals surface area contributed by atoms with Gasteiger partial charge in [-0.1, -0.05) is 35.0 Å². The highest BCUT2D eigenvalue weighted by Crippen LogP contribution is 2.34. The molecule has 0 spiro atoms. The van der Waals surface area contributed by atoms with E-state index >= 15 is 0 Å². The fourth-order valence-corrected chi connectivity index (χ4v) is 3.17. The molecule has 0 aliphatic heterocycles. The topological polar surface area (TPSA) is 26.0 Å². The molecule has 0 fully saturated rings. The predicted octanol–water partition coefficient (Wildman–Crippen LogP) is 5.01. The van der Waals surface area contributed by atoms with E-state index in [1.54, 1.807) is 0 Å². The second-order valence-corrected chi connectivity index (χ2v) is 5.79. The number of aromatic nitrogens is 1. The third-order valence-corrected chi connectivity index (χ3v) is 4.03. The molecule has 2 heteroatoms. The van der Waals surface area contributed by atoms with Gasteiger partial charge >= 0.3 is 0 Å². The minimum atomic E-state index is 0.997. The molecule has 0 bridgehead atoms. The van der Waals surface area contributed by atoms with Crippen LogP contribution in [0.1, 0.15) is 47.3 Å². The molecular weight excluding hydrogens is 246 g/mol. The van der Waals surface area contributed by atoms with Gasteiger partial charge in [0.25, 0.3) is 0 Å². The Labute approximate surface area is 120 Å². The molecular formula is C18H21NO. The van der Waals surface area contributed by atoms with Gasteiger partial charge in [-0.2, -0.15) is 0 Å². The number of hydrogen-bond acceptors (Lipinski definition) is 2. The van der Waals surface area contributed by atoms with Crippen molar-refractivity contribution >= 4 is 6.08 Å². The lowest BCUT2D eigenvalue weighted by atomic mass is 9.93. The summed E-state index contributed by atoms with van der Waals surface area (Å²) in [5, 5.41) is 4.38. The fraction of sp³-hybridized carbons (Fsp3) is 0.389. The molecule has 1 aromatic carbocycles. The zero-order chi connectivity index (χ0) is 14.1. The molecule has 1 aromatic heterocycles. The van der Waals surface area contributed by atoms with E-state index in [1.807, 2.05) is 0 Å². The Morgan fingerprint density at radius 1 is 1.05 bits per heavy atom. The third-order valence-electron chi connectivity index (χ3n) is 4.03. The number of hydrogen-bond donors (Lipinski definition) is 0. The Bertz CT molecular complexity index is 641. The zero-order valence-electron chi connectivity index (χ0n) is 12.5. The molecule has 1 aliphatic rings. The molecule has 0 unspecified atom stereocenters. The molecule has 0 N–H and O–H groups in total. The highest BCUT2D eigenvalue weighted by molar-refractivity contribution is 5.77. The SMILES string of the molecule is Cc1cc(C)c(-c2noc3c2/C=C/CCCC3)c(C)c1. The summed E-state index contributed by atoms with van der Waals surface area (Å²) in [5.41, 5.74) is 7.26. The van der Waals surface area contributed by atoms with E-state index in [9.17, 15) is 0 Å². The molecule has 0 radical (unpaired) electrons. The quantitative estimate of drug-likeness (QED) is 0.726. The summed E-state index contributed by atoms with van der Waals surface area (Å²) in [6, 6.07) is 4.44. The molecule has 1 aliphatic carbocycles. The number of nitrogens with zero attached hydrogens (tertiary/aromatic N) is 1. The maximum Gasteiger partial charge on any atom is 0.144 e. The van der Waals surface area contributed by atoms with Gasteiger partial charge in [0.1, 0.15) is 11.5 Å². The van der Waals surface area contributed by atoms with Crippen molar-refractivity contribution in [2.24, 2.45) is 0 Å². The Kier molecular flexibility index (Phi) is 3.47. The maximum absolute atomic E-state index is 5.62. The van der Waals surface area contributed by atoms with Crippen molar-refractivity contribution in [3.63, 3.8) is 0 Å². The smallest absolute Gasteiger partial charge is 0.144 e. The van der Waals surface area contributed by atoms with Crippen LogP contribution >= 0.6 is 0 Å². The summed E-state index contributed by atoms with van der Waals surface area (Å²) in [5.74, 6) is 1.04. The maximum atomic E-state index is 5.62. The molecule has 0 atom stereocenters. The van der Waals surface area contributed by atoms with Crippen molar-refractivity contribution < 1.29 is 4.52 Å². The molecule has 0 saturated carbocycles. The molecule has 20 heavy (non-hydrogen) atoms. The monoisotopic (exact) mass is 267 g/mol. The second-order valence-electron chi connectivity index (χ2n) is 5.79. The second kappa shape index (κ2) is 5.28. The average molecular weight is 267 g/mol. The van der Waals surface area contributed by atoms with Crippen molar-refractivity contribution in [2.75, 3.05) is 0 Å². The van der Waals surface area contributed by atoms with Gasteiger partial charge in [0.05, 0.1) is 0 Å². The van der Waals surface area contributed by atoms with Crippen LogP contribution in [-0.4, -0.2) is 5.16 Å². The van der Waals surface area contributed by atoms with Crippen LogP contribution in [0.2, 0.25) is 0 Å². The number of rotatable bonds is 1. The van der Waals surface area contributed by atoms with Gasteiger partial charge < -0.3 is 4.52 Å². The zero-order valence-corrected chi connectivity index (χ0v) is 12.5. The lowest BCUT2D eigenvalue weighted by Gasteiger charge is -2.10. The van der Waals surface area contributed by atoms with Crippen molar-refractivity contribution in [2.45, 2.75) is 46.5 Å². The van der Waals surface area contributed by atoms with E-state index in [0.29, 0.717) is 0 Å². The molecule has 1 heterocycles. The summed E-state index contributed by atoms with van der Waals surface area (Å²) >= 11 is 0. The van der Waals surface area contributed by atoms with Crippen molar-refractivity contribution in [3.05, 3.63) is 46.2 Å². The van der Waals surface area contributed by atoms with E-state index in [4.69, 9.17) is 4.52 Å². The van der Waals surface area contributed by atoms with Crippen LogP contribution < -0.4 is 0 Å². The molecule has 0 saturated heterocycles. The molecule has 3 rings (SSSR count). The standard InChI is InChI=1S/C18H21NO/c1-12-10-13(2)17(14(3)11-12)18-15-8-6-4-5-7-9-16(15)20-19-18/h6,8,10-11H,4-5,7,9H2,1-3H3/b8-6+. The van der Waals surface area contributed by atoms with Crippen molar-refractivity contribution in [1.29, 1.82) is 0 Å². The first-order valence-electron chi connectivity index (χ1n) is 7.40. The number of benzene rings is 1. The number of fused-ring (bicyclic) bond motifs is 1. The van der Waals surface area contributed by atoms with Gasteiger partial charge in [0, 0.05) is 17.5 Å². The van der Waals surface area contributed by atoms with Crippen LogP contribution in [0.3, 0.4) is 0 Å². The fourth-order valence-electron chi connectivity index (χ4n) is 3.17. The highest BCUT2D eigenvalue weighted by atomic mass is 16.5. The number of allylic oxidation sites excluding steroid dienone is 1. The Balaban J connectivity index is 2.17. The molecule has 0 amide bonds. The Morgan fingerprint density at radius 3 is 2.55 bits per heavy atom. The van der Waals surface area contributed by atoms with E-state index in [2.05, 4.69) is 50.2 Å². The van der Waals surface area contributed by atoms with E-state index in [1.165, 1.54) is 40.7 Å². The minimum absolute atomic E-state index is 0.997. The molecule has 104 valence electrons. The van der Waals surface area contributed by atoms with Crippen LogP contribution in [0.25, 0.3) is 17.3 Å². The molecule has 2 aromatic rings. The first-order valence-corrected chi connectivity index (χ1v) is 7.40. The van der Waals surface area contributed by atoms with Gasteiger partial charge in [-0.25, -0.2) is 0 Å². The lowest BCUT2D eigenvalue weighted by molar-refractivity contribution is 0.381. The summed E-state index contributed by atoms with van der Waals surface area (Å²) in [4.78, 5) is 0. The summed E-state index contributed by atoms with van der Waals surface area (Å²) in [7, 11) is 0. The normalized spacial score (nSPS) is 16.4. The average Bonchev–Trinajstić information content (AvgIpc) is 2.70.